The summed E-state index contributed by atoms with van der Waals surface area (Å²) < 4.78 is 5.54. The van der Waals surface area contributed by atoms with Crippen LogP contribution in [0.3, 0.4) is 0 Å². The summed E-state index contributed by atoms with van der Waals surface area (Å²) in [5.74, 6) is -0.198. The van der Waals surface area contributed by atoms with Crippen molar-refractivity contribution >= 4 is 5.91 Å². The first kappa shape index (κ1) is 11.7. The van der Waals surface area contributed by atoms with Crippen LogP contribution in [-0.4, -0.2) is 40.8 Å². The second kappa shape index (κ2) is 4.71. The molecule has 2 aliphatic rings. The third kappa shape index (κ3) is 1.91. The first-order valence-electron chi connectivity index (χ1n) is 6.41. The molecule has 0 radical (unpaired) electrons. The molecule has 0 saturated carbocycles. The number of aliphatic hydroxyl groups excluding tert-OH is 1. The Morgan fingerprint density at radius 2 is 2.11 bits per heavy atom. The minimum Gasteiger partial charge on any atom is -0.380 e. The van der Waals surface area contributed by atoms with Crippen molar-refractivity contribution in [3.05, 3.63) is 35.9 Å². The predicted octanol–water partition coefficient (Wildman–Crippen LogP) is 0.937. The summed E-state index contributed by atoms with van der Waals surface area (Å²) in [5, 5.41) is 9.93. The molecule has 2 heterocycles. The summed E-state index contributed by atoms with van der Waals surface area (Å²) in [6.45, 7) is 1.20. The molecule has 1 amide bonds. The van der Waals surface area contributed by atoms with Gasteiger partial charge in [-0.25, -0.2) is 0 Å². The third-order valence-electron chi connectivity index (χ3n) is 3.78. The highest BCUT2D eigenvalue weighted by atomic mass is 16.5. The fourth-order valence-corrected chi connectivity index (χ4v) is 2.87. The number of hydrogen-bond donors (Lipinski definition) is 1. The molecule has 1 N–H and O–H groups in total. The van der Waals surface area contributed by atoms with Gasteiger partial charge < -0.3 is 14.7 Å². The van der Waals surface area contributed by atoms with E-state index in [9.17, 15) is 9.90 Å². The first-order valence-corrected chi connectivity index (χ1v) is 6.41. The Balaban J connectivity index is 1.80. The highest BCUT2D eigenvalue weighted by molar-refractivity contribution is 5.84. The SMILES string of the molecule is O=C1C(O)C2OCCCC2N1Cc1ccccc1. The van der Waals surface area contributed by atoms with Crippen LogP contribution < -0.4 is 0 Å². The molecule has 96 valence electrons. The number of ether oxygens (including phenoxy) is 1. The molecule has 1 aromatic rings. The molecule has 4 nitrogen and oxygen atoms in total. The summed E-state index contributed by atoms with van der Waals surface area (Å²) >= 11 is 0. The van der Waals surface area contributed by atoms with Crippen molar-refractivity contribution in [2.75, 3.05) is 6.61 Å². The van der Waals surface area contributed by atoms with Gasteiger partial charge in [0, 0.05) is 13.2 Å². The number of hydrogen-bond acceptors (Lipinski definition) is 3. The van der Waals surface area contributed by atoms with Crippen molar-refractivity contribution in [1.82, 2.24) is 4.90 Å². The Bertz CT molecular complexity index is 434. The summed E-state index contributed by atoms with van der Waals surface area (Å²) in [4.78, 5) is 13.8. The van der Waals surface area contributed by atoms with Crippen LogP contribution in [-0.2, 0) is 16.1 Å². The lowest BCUT2D eigenvalue weighted by Crippen LogP contribution is -2.41. The second-order valence-corrected chi connectivity index (χ2v) is 4.94. The summed E-state index contributed by atoms with van der Waals surface area (Å²) in [6, 6.07) is 9.90. The lowest BCUT2D eigenvalue weighted by atomic mass is 10.0. The molecule has 3 unspecified atom stereocenters. The van der Waals surface area contributed by atoms with Gasteiger partial charge in [-0.15, -0.1) is 0 Å². The summed E-state index contributed by atoms with van der Waals surface area (Å²) in [6.07, 6.45) is 0.543. The predicted molar refractivity (Wildman–Crippen MR) is 65.8 cm³/mol. The monoisotopic (exact) mass is 247 g/mol. The lowest BCUT2D eigenvalue weighted by molar-refractivity contribution is -0.136. The van der Waals surface area contributed by atoms with Crippen LogP contribution in [0.4, 0.5) is 0 Å². The van der Waals surface area contributed by atoms with Crippen molar-refractivity contribution in [1.29, 1.82) is 0 Å². The molecule has 0 aromatic heterocycles. The third-order valence-corrected chi connectivity index (χ3v) is 3.78. The number of rotatable bonds is 2. The van der Waals surface area contributed by atoms with Crippen molar-refractivity contribution < 1.29 is 14.6 Å². The first-order chi connectivity index (χ1) is 8.77. The molecule has 4 heteroatoms. The molecule has 3 rings (SSSR count). The summed E-state index contributed by atoms with van der Waals surface area (Å²) in [7, 11) is 0. The molecular weight excluding hydrogens is 230 g/mol. The molecule has 0 bridgehead atoms. The van der Waals surface area contributed by atoms with Crippen LogP contribution in [0.25, 0.3) is 0 Å². The Morgan fingerprint density at radius 3 is 2.89 bits per heavy atom. The molecule has 0 aliphatic carbocycles. The smallest absolute Gasteiger partial charge is 0.254 e. The van der Waals surface area contributed by atoms with E-state index in [-0.39, 0.29) is 18.1 Å². The van der Waals surface area contributed by atoms with E-state index in [2.05, 4.69) is 0 Å². The Labute approximate surface area is 106 Å². The van der Waals surface area contributed by atoms with Crippen LogP contribution in [0.15, 0.2) is 30.3 Å². The summed E-state index contributed by atoms with van der Waals surface area (Å²) in [5.41, 5.74) is 1.09. The maximum Gasteiger partial charge on any atom is 0.254 e. The van der Waals surface area contributed by atoms with Gasteiger partial charge in [-0.2, -0.15) is 0 Å². The zero-order valence-electron chi connectivity index (χ0n) is 10.2. The fraction of sp³-hybridized carbons (Fsp3) is 0.500. The normalized spacial score (nSPS) is 31.5. The van der Waals surface area contributed by atoms with Gasteiger partial charge in [0.05, 0.1) is 6.04 Å². The van der Waals surface area contributed by atoms with E-state index in [1.807, 2.05) is 30.3 Å². The van der Waals surface area contributed by atoms with Crippen molar-refractivity contribution in [3.8, 4) is 0 Å². The molecule has 0 spiro atoms. The van der Waals surface area contributed by atoms with Gasteiger partial charge in [-0.1, -0.05) is 30.3 Å². The van der Waals surface area contributed by atoms with E-state index in [0.29, 0.717) is 13.2 Å². The van der Waals surface area contributed by atoms with Crippen LogP contribution in [0.2, 0.25) is 0 Å². The molecule has 1 aromatic carbocycles. The number of aliphatic hydroxyl groups is 1. The zero-order valence-corrected chi connectivity index (χ0v) is 10.2. The van der Waals surface area contributed by atoms with Gasteiger partial charge in [-0.3, -0.25) is 4.79 Å². The molecule has 18 heavy (non-hydrogen) atoms. The van der Waals surface area contributed by atoms with Crippen LogP contribution in [0.5, 0.6) is 0 Å². The molecule has 2 saturated heterocycles. The van der Waals surface area contributed by atoms with E-state index >= 15 is 0 Å². The number of carbonyl (C=O) groups excluding carboxylic acids is 1. The Kier molecular flexibility index (Phi) is 3.06. The maximum atomic E-state index is 12.1. The number of likely N-dealkylation sites (tertiary alicyclic amines) is 1. The van der Waals surface area contributed by atoms with E-state index in [0.717, 1.165) is 18.4 Å². The number of fused-ring (bicyclic) bond motifs is 1. The maximum absolute atomic E-state index is 12.1. The minimum atomic E-state index is -0.987. The topological polar surface area (TPSA) is 49.8 Å². The van der Waals surface area contributed by atoms with Gasteiger partial charge in [-0.05, 0) is 18.4 Å². The van der Waals surface area contributed by atoms with Gasteiger partial charge in [0.15, 0.2) is 6.10 Å². The van der Waals surface area contributed by atoms with Crippen molar-refractivity contribution in [2.24, 2.45) is 0 Å². The Morgan fingerprint density at radius 1 is 1.33 bits per heavy atom. The lowest BCUT2D eigenvalue weighted by Gasteiger charge is -2.31. The average molecular weight is 247 g/mol. The number of nitrogens with zero attached hydrogens (tertiary/aromatic N) is 1. The van der Waals surface area contributed by atoms with Crippen molar-refractivity contribution in [2.45, 2.75) is 37.6 Å². The quantitative estimate of drug-likeness (QED) is 0.846. The van der Waals surface area contributed by atoms with Gasteiger partial charge in [0.25, 0.3) is 5.91 Å². The van der Waals surface area contributed by atoms with E-state index < -0.39 is 6.10 Å². The number of amides is 1. The number of benzene rings is 1. The van der Waals surface area contributed by atoms with E-state index in [1.54, 1.807) is 4.90 Å². The highest BCUT2D eigenvalue weighted by Gasteiger charge is 2.48. The zero-order chi connectivity index (χ0) is 12.5. The van der Waals surface area contributed by atoms with Gasteiger partial charge in [0.2, 0.25) is 0 Å². The molecule has 2 fully saturated rings. The van der Waals surface area contributed by atoms with Crippen LogP contribution >= 0.6 is 0 Å². The van der Waals surface area contributed by atoms with Crippen molar-refractivity contribution in [3.63, 3.8) is 0 Å². The second-order valence-electron chi connectivity index (χ2n) is 4.94. The van der Waals surface area contributed by atoms with Crippen LogP contribution in [0, 0.1) is 0 Å². The van der Waals surface area contributed by atoms with E-state index in [1.165, 1.54) is 0 Å². The Hall–Kier alpha value is -1.39. The molecule has 3 atom stereocenters. The molecule has 2 aliphatic heterocycles. The number of carbonyl (C=O) groups is 1. The average Bonchev–Trinajstić information content (AvgIpc) is 2.66. The minimum absolute atomic E-state index is 0.0291. The van der Waals surface area contributed by atoms with Gasteiger partial charge in [0.1, 0.15) is 6.10 Å². The standard InChI is InChI=1S/C14H17NO3/c16-12-13-11(7-4-8-18-13)15(14(12)17)9-10-5-2-1-3-6-10/h1-3,5-6,11-13,16H,4,7-9H2. The van der Waals surface area contributed by atoms with Gasteiger partial charge >= 0.3 is 0 Å². The largest absolute Gasteiger partial charge is 0.380 e. The highest BCUT2D eigenvalue weighted by Crippen LogP contribution is 2.31. The molecular formula is C14H17NO3. The van der Waals surface area contributed by atoms with E-state index in [4.69, 9.17) is 4.74 Å². The van der Waals surface area contributed by atoms with Crippen LogP contribution in [0.1, 0.15) is 18.4 Å². The fourth-order valence-electron chi connectivity index (χ4n) is 2.87.